The highest BCUT2D eigenvalue weighted by molar-refractivity contribution is 7.17. The Kier molecular flexibility index (Phi) is 4.08. The summed E-state index contributed by atoms with van der Waals surface area (Å²) in [5.41, 5.74) is -0.207. The first-order chi connectivity index (χ1) is 9.47. The van der Waals surface area contributed by atoms with E-state index in [1.807, 2.05) is 0 Å². The van der Waals surface area contributed by atoms with Gasteiger partial charge in [0.15, 0.2) is 22.4 Å². The van der Waals surface area contributed by atoms with Gasteiger partial charge in [-0.3, -0.25) is 9.48 Å². The van der Waals surface area contributed by atoms with Crippen molar-refractivity contribution in [3.8, 4) is 0 Å². The van der Waals surface area contributed by atoms with Gasteiger partial charge in [0.1, 0.15) is 11.2 Å². The van der Waals surface area contributed by atoms with Crippen molar-refractivity contribution in [2.45, 2.75) is 13.3 Å². The Hall–Kier alpha value is -2.29. The van der Waals surface area contributed by atoms with Crippen LogP contribution in [0.2, 0.25) is 0 Å². The van der Waals surface area contributed by atoms with E-state index in [9.17, 15) is 9.59 Å². The number of aryl methyl sites for hydroxylation is 1. The van der Waals surface area contributed by atoms with Crippen LogP contribution in [0.1, 0.15) is 32.9 Å². The molecular formula is C11H13N5O3S. The van der Waals surface area contributed by atoms with Gasteiger partial charge < -0.3 is 10.4 Å². The van der Waals surface area contributed by atoms with Crippen molar-refractivity contribution in [1.29, 1.82) is 0 Å². The van der Waals surface area contributed by atoms with E-state index in [1.165, 1.54) is 6.92 Å². The van der Waals surface area contributed by atoms with Crippen LogP contribution in [0.3, 0.4) is 0 Å². The molecular weight excluding hydrogens is 282 g/mol. The van der Waals surface area contributed by atoms with E-state index >= 15 is 0 Å². The molecule has 0 spiro atoms. The van der Waals surface area contributed by atoms with Gasteiger partial charge in [-0.15, -0.1) is 0 Å². The van der Waals surface area contributed by atoms with Gasteiger partial charge in [0.05, 0.1) is 0 Å². The SMILES string of the molecule is CC(=O)c1sc(NCCc2ncn(C)n2)nc1C(=O)O. The molecule has 8 nitrogen and oxygen atoms in total. The summed E-state index contributed by atoms with van der Waals surface area (Å²) in [6.07, 6.45) is 2.19. The minimum absolute atomic E-state index is 0.149. The molecule has 0 aliphatic rings. The molecule has 0 aromatic carbocycles. The second kappa shape index (κ2) is 5.78. The molecule has 0 atom stereocenters. The zero-order valence-corrected chi connectivity index (χ0v) is 11.8. The van der Waals surface area contributed by atoms with Crippen LogP contribution >= 0.6 is 11.3 Å². The second-order valence-corrected chi connectivity index (χ2v) is 5.07. The average molecular weight is 295 g/mol. The summed E-state index contributed by atoms with van der Waals surface area (Å²) in [7, 11) is 1.78. The highest BCUT2D eigenvalue weighted by Crippen LogP contribution is 2.23. The second-order valence-electron chi connectivity index (χ2n) is 4.07. The monoisotopic (exact) mass is 295 g/mol. The number of aromatic nitrogens is 4. The summed E-state index contributed by atoms with van der Waals surface area (Å²) in [6.45, 7) is 1.83. The van der Waals surface area contributed by atoms with Crippen molar-refractivity contribution >= 4 is 28.2 Å². The summed E-state index contributed by atoms with van der Waals surface area (Å²) in [4.78, 5) is 30.4. The lowest BCUT2D eigenvalue weighted by atomic mass is 10.3. The molecule has 0 fully saturated rings. The maximum atomic E-state index is 11.3. The lowest BCUT2D eigenvalue weighted by Crippen LogP contribution is -2.07. The number of rotatable bonds is 6. The van der Waals surface area contributed by atoms with Gasteiger partial charge in [0.2, 0.25) is 0 Å². The van der Waals surface area contributed by atoms with Crippen LogP contribution in [0.15, 0.2) is 6.33 Å². The van der Waals surface area contributed by atoms with E-state index in [0.29, 0.717) is 23.9 Å². The lowest BCUT2D eigenvalue weighted by molar-refractivity contribution is 0.0687. The number of carbonyl (C=O) groups is 2. The summed E-state index contributed by atoms with van der Waals surface area (Å²) in [5.74, 6) is -0.827. The summed E-state index contributed by atoms with van der Waals surface area (Å²) >= 11 is 1.04. The summed E-state index contributed by atoms with van der Waals surface area (Å²) < 4.78 is 1.61. The van der Waals surface area contributed by atoms with Crippen LogP contribution in [0.5, 0.6) is 0 Å². The number of carboxylic acid groups (broad SMARTS) is 1. The summed E-state index contributed by atoms with van der Waals surface area (Å²) in [6, 6.07) is 0. The number of ketones is 1. The molecule has 106 valence electrons. The van der Waals surface area contributed by atoms with E-state index in [2.05, 4.69) is 20.4 Å². The summed E-state index contributed by atoms with van der Waals surface area (Å²) in [5, 5.41) is 16.5. The molecule has 0 aliphatic carbocycles. The van der Waals surface area contributed by atoms with Gasteiger partial charge in [0.25, 0.3) is 0 Å². The van der Waals surface area contributed by atoms with Crippen molar-refractivity contribution < 1.29 is 14.7 Å². The molecule has 2 N–H and O–H groups in total. The number of anilines is 1. The molecule has 0 aliphatic heterocycles. The highest BCUT2D eigenvalue weighted by Gasteiger charge is 2.20. The van der Waals surface area contributed by atoms with E-state index < -0.39 is 5.97 Å². The molecule has 2 heterocycles. The fourth-order valence-electron chi connectivity index (χ4n) is 1.56. The van der Waals surface area contributed by atoms with Crippen LogP contribution in [0, 0.1) is 0 Å². The lowest BCUT2D eigenvalue weighted by Gasteiger charge is -1.98. The normalized spacial score (nSPS) is 10.5. The Morgan fingerprint density at radius 3 is 2.75 bits per heavy atom. The minimum Gasteiger partial charge on any atom is -0.476 e. The fourth-order valence-corrected chi connectivity index (χ4v) is 2.44. The largest absolute Gasteiger partial charge is 0.476 e. The van der Waals surface area contributed by atoms with Crippen molar-refractivity contribution in [3.05, 3.63) is 22.7 Å². The molecule has 2 aromatic heterocycles. The van der Waals surface area contributed by atoms with Gasteiger partial charge in [0, 0.05) is 26.9 Å². The van der Waals surface area contributed by atoms with E-state index in [-0.39, 0.29) is 16.4 Å². The zero-order valence-electron chi connectivity index (χ0n) is 11.0. The Bertz CT molecular complexity index is 617. The molecule has 2 rings (SSSR count). The predicted molar refractivity (Wildman–Crippen MR) is 72.3 cm³/mol. The molecule has 0 bridgehead atoms. The van der Waals surface area contributed by atoms with Crippen LogP contribution in [-0.4, -0.2) is 43.2 Å². The third kappa shape index (κ3) is 3.18. The third-order valence-electron chi connectivity index (χ3n) is 2.42. The first-order valence-electron chi connectivity index (χ1n) is 5.81. The molecule has 0 radical (unpaired) electrons. The van der Waals surface area contributed by atoms with Crippen LogP contribution in [-0.2, 0) is 13.5 Å². The van der Waals surface area contributed by atoms with Gasteiger partial charge in [-0.2, -0.15) is 5.10 Å². The first-order valence-corrected chi connectivity index (χ1v) is 6.62. The highest BCUT2D eigenvalue weighted by atomic mass is 32.1. The Morgan fingerprint density at radius 2 is 2.25 bits per heavy atom. The average Bonchev–Trinajstić information content (AvgIpc) is 2.96. The fraction of sp³-hybridized carbons (Fsp3) is 0.364. The van der Waals surface area contributed by atoms with E-state index in [1.54, 1.807) is 18.1 Å². The van der Waals surface area contributed by atoms with Gasteiger partial charge in [-0.1, -0.05) is 11.3 Å². The number of Topliss-reactive ketones (excluding diaryl/α,β-unsaturated/α-hetero) is 1. The van der Waals surface area contributed by atoms with Crippen molar-refractivity contribution in [3.63, 3.8) is 0 Å². The number of thiazole rings is 1. The topological polar surface area (TPSA) is 110 Å². The number of nitrogens with zero attached hydrogens (tertiary/aromatic N) is 4. The predicted octanol–water partition coefficient (Wildman–Crippen LogP) is 0.827. The molecule has 2 aromatic rings. The van der Waals surface area contributed by atoms with Crippen molar-refractivity contribution in [2.24, 2.45) is 7.05 Å². The number of hydrogen-bond donors (Lipinski definition) is 2. The first kappa shape index (κ1) is 14.1. The molecule has 9 heteroatoms. The molecule has 0 unspecified atom stereocenters. The third-order valence-corrected chi connectivity index (χ3v) is 3.54. The van der Waals surface area contributed by atoms with Crippen molar-refractivity contribution in [2.75, 3.05) is 11.9 Å². The number of carbonyl (C=O) groups excluding carboxylic acids is 1. The number of aromatic carboxylic acids is 1. The van der Waals surface area contributed by atoms with Gasteiger partial charge in [-0.05, 0) is 0 Å². The van der Waals surface area contributed by atoms with Crippen LogP contribution in [0.4, 0.5) is 5.13 Å². The molecule has 0 saturated carbocycles. The van der Waals surface area contributed by atoms with Crippen molar-refractivity contribution in [1.82, 2.24) is 19.7 Å². The minimum atomic E-state index is -1.20. The smallest absolute Gasteiger partial charge is 0.356 e. The van der Waals surface area contributed by atoms with Crippen LogP contribution in [0.25, 0.3) is 0 Å². The molecule has 0 saturated heterocycles. The molecule has 0 amide bonds. The quantitative estimate of drug-likeness (QED) is 0.759. The van der Waals surface area contributed by atoms with E-state index in [4.69, 9.17) is 5.11 Å². The Balaban J connectivity index is 2.01. The number of hydrogen-bond acceptors (Lipinski definition) is 7. The Labute approximate surface area is 118 Å². The van der Waals surface area contributed by atoms with Gasteiger partial charge in [-0.25, -0.2) is 14.8 Å². The standard InChI is InChI=1S/C11H13N5O3S/c1-6(17)9-8(10(18)19)14-11(20-9)12-4-3-7-13-5-16(2)15-7/h5H,3-4H2,1-2H3,(H,12,14)(H,18,19). The van der Waals surface area contributed by atoms with Gasteiger partial charge >= 0.3 is 5.97 Å². The van der Waals surface area contributed by atoms with E-state index in [0.717, 1.165) is 11.3 Å². The number of carboxylic acids is 1. The number of nitrogens with one attached hydrogen (secondary N) is 1. The zero-order chi connectivity index (χ0) is 14.7. The molecule has 20 heavy (non-hydrogen) atoms. The maximum absolute atomic E-state index is 11.3. The Morgan fingerprint density at radius 1 is 1.50 bits per heavy atom. The van der Waals surface area contributed by atoms with Crippen LogP contribution < -0.4 is 5.32 Å². The maximum Gasteiger partial charge on any atom is 0.356 e.